The van der Waals surface area contributed by atoms with Gasteiger partial charge in [-0.05, 0) is 19.2 Å². The quantitative estimate of drug-likeness (QED) is 0.858. The van der Waals surface area contributed by atoms with Crippen LogP contribution in [-0.2, 0) is 0 Å². The van der Waals surface area contributed by atoms with E-state index in [9.17, 15) is 18.0 Å². The zero-order valence-electron chi connectivity index (χ0n) is 13.5. The van der Waals surface area contributed by atoms with Crippen molar-refractivity contribution in [2.75, 3.05) is 38.5 Å². The highest BCUT2D eigenvalue weighted by molar-refractivity contribution is 5.92. The summed E-state index contributed by atoms with van der Waals surface area (Å²) in [6, 6.07) is 1.86. The molecule has 0 atom stereocenters. The van der Waals surface area contributed by atoms with Crippen molar-refractivity contribution in [1.29, 1.82) is 0 Å². The number of amides is 1. The molecule has 0 bridgehead atoms. The molecule has 0 spiro atoms. The van der Waals surface area contributed by atoms with E-state index >= 15 is 0 Å². The van der Waals surface area contributed by atoms with Crippen LogP contribution in [-0.4, -0.2) is 58.9 Å². The van der Waals surface area contributed by atoms with E-state index < -0.39 is 17.5 Å². The molecule has 2 heterocycles. The van der Waals surface area contributed by atoms with Gasteiger partial charge < -0.3 is 15.1 Å². The van der Waals surface area contributed by atoms with E-state index in [1.807, 2.05) is 7.05 Å². The number of halogens is 3. The molecular weight excluding hydrogens is 335 g/mol. The fourth-order valence-electron chi connectivity index (χ4n) is 2.43. The third kappa shape index (κ3) is 3.71. The third-order valence-electron chi connectivity index (χ3n) is 3.96. The lowest BCUT2D eigenvalue weighted by Crippen LogP contribution is -2.47. The molecular formula is C16H16F3N5O. The van der Waals surface area contributed by atoms with Crippen LogP contribution >= 0.6 is 0 Å². The third-order valence-corrected chi connectivity index (χ3v) is 3.96. The molecule has 1 aliphatic heterocycles. The maximum absolute atomic E-state index is 13.6. The molecule has 0 saturated carbocycles. The maximum atomic E-state index is 13.6. The summed E-state index contributed by atoms with van der Waals surface area (Å²) in [4.78, 5) is 24.2. The van der Waals surface area contributed by atoms with E-state index in [0.717, 1.165) is 25.2 Å². The number of aromatic nitrogens is 2. The molecule has 1 N–H and O–H groups in total. The van der Waals surface area contributed by atoms with Gasteiger partial charge in [-0.15, -0.1) is 0 Å². The number of benzene rings is 1. The van der Waals surface area contributed by atoms with Crippen LogP contribution in [0.3, 0.4) is 0 Å². The van der Waals surface area contributed by atoms with Crippen LogP contribution in [0.1, 0.15) is 10.5 Å². The number of hydrogen-bond acceptors (Lipinski definition) is 5. The summed E-state index contributed by atoms with van der Waals surface area (Å²) in [5, 5.41) is 2.50. The first-order chi connectivity index (χ1) is 12.0. The van der Waals surface area contributed by atoms with Crippen molar-refractivity contribution in [3.8, 4) is 0 Å². The summed E-state index contributed by atoms with van der Waals surface area (Å²) in [6.45, 7) is 2.79. The summed E-state index contributed by atoms with van der Waals surface area (Å²) in [7, 11) is 1.99. The Labute approximate surface area is 142 Å². The number of anilines is 2. The first-order valence-electron chi connectivity index (χ1n) is 7.66. The number of piperazine rings is 1. The van der Waals surface area contributed by atoms with Gasteiger partial charge in [0.2, 0.25) is 0 Å². The number of hydrogen-bond donors (Lipinski definition) is 1. The molecule has 0 radical (unpaired) electrons. The number of rotatable bonds is 3. The van der Waals surface area contributed by atoms with E-state index in [0.29, 0.717) is 13.1 Å². The van der Waals surface area contributed by atoms with Crippen molar-refractivity contribution in [2.45, 2.75) is 0 Å². The van der Waals surface area contributed by atoms with Crippen molar-refractivity contribution in [1.82, 2.24) is 19.8 Å². The van der Waals surface area contributed by atoms with Crippen LogP contribution < -0.4 is 5.32 Å². The Hall–Kier alpha value is -2.68. The average molecular weight is 351 g/mol. The van der Waals surface area contributed by atoms with Crippen LogP contribution in [0.4, 0.5) is 24.7 Å². The molecule has 2 aromatic rings. The van der Waals surface area contributed by atoms with Gasteiger partial charge in [-0.1, -0.05) is 0 Å². The molecule has 9 heteroatoms. The number of carbonyl (C=O) groups excluding carboxylic acids is 1. The zero-order valence-corrected chi connectivity index (χ0v) is 13.5. The number of likely N-dealkylation sites (N-methyl/N-ethyl adjacent to an activating group) is 1. The first kappa shape index (κ1) is 17.2. The van der Waals surface area contributed by atoms with Gasteiger partial charge >= 0.3 is 0 Å². The summed E-state index contributed by atoms with van der Waals surface area (Å²) >= 11 is 0. The SMILES string of the molecule is CN1CCN(C(=O)c2cnc(Nc3ccc(F)c(F)c3F)cn2)CC1. The summed E-state index contributed by atoms with van der Waals surface area (Å²) in [6.07, 6.45) is 2.50. The Kier molecular flexibility index (Phi) is 4.84. The van der Waals surface area contributed by atoms with Crippen molar-refractivity contribution in [3.63, 3.8) is 0 Å². The van der Waals surface area contributed by atoms with E-state index in [2.05, 4.69) is 20.2 Å². The highest BCUT2D eigenvalue weighted by atomic mass is 19.2. The predicted octanol–water partition coefficient (Wildman–Crippen LogP) is 2.03. The summed E-state index contributed by atoms with van der Waals surface area (Å²) in [5.74, 6) is -4.31. The Morgan fingerprint density at radius 1 is 1.04 bits per heavy atom. The minimum Gasteiger partial charge on any atom is -0.336 e. The Balaban J connectivity index is 1.70. The van der Waals surface area contributed by atoms with E-state index in [1.54, 1.807) is 4.90 Å². The van der Waals surface area contributed by atoms with Gasteiger partial charge in [-0.3, -0.25) is 4.79 Å². The van der Waals surface area contributed by atoms with E-state index in [-0.39, 0.29) is 23.1 Å². The van der Waals surface area contributed by atoms with Gasteiger partial charge in [0, 0.05) is 26.2 Å². The van der Waals surface area contributed by atoms with Crippen LogP contribution in [0.25, 0.3) is 0 Å². The minimum atomic E-state index is -1.57. The van der Waals surface area contributed by atoms with Gasteiger partial charge in [0.1, 0.15) is 11.5 Å². The lowest BCUT2D eigenvalue weighted by Gasteiger charge is -2.32. The molecule has 1 aromatic heterocycles. The van der Waals surface area contributed by atoms with Crippen molar-refractivity contribution in [3.05, 3.63) is 47.7 Å². The number of nitrogens with one attached hydrogen (secondary N) is 1. The normalized spacial score (nSPS) is 15.3. The topological polar surface area (TPSA) is 61.4 Å². The highest BCUT2D eigenvalue weighted by Gasteiger charge is 2.21. The van der Waals surface area contributed by atoms with E-state index in [1.165, 1.54) is 12.4 Å². The van der Waals surface area contributed by atoms with Crippen molar-refractivity contribution in [2.24, 2.45) is 0 Å². The van der Waals surface area contributed by atoms with Gasteiger partial charge in [0.15, 0.2) is 17.5 Å². The van der Waals surface area contributed by atoms with E-state index in [4.69, 9.17) is 0 Å². The Morgan fingerprint density at radius 3 is 2.40 bits per heavy atom. The lowest BCUT2D eigenvalue weighted by molar-refractivity contribution is 0.0658. The second-order valence-corrected chi connectivity index (χ2v) is 5.73. The second-order valence-electron chi connectivity index (χ2n) is 5.73. The van der Waals surface area contributed by atoms with Crippen LogP contribution in [0, 0.1) is 17.5 Å². The zero-order chi connectivity index (χ0) is 18.0. The second kappa shape index (κ2) is 7.06. The molecule has 132 valence electrons. The Morgan fingerprint density at radius 2 is 1.76 bits per heavy atom. The van der Waals surface area contributed by atoms with Crippen molar-refractivity contribution >= 4 is 17.4 Å². The van der Waals surface area contributed by atoms with Crippen LogP contribution in [0.15, 0.2) is 24.5 Å². The molecule has 1 aliphatic rings. The van der Waals surface area contributed by atoms with Crippen LogP contribution in [0.5, 0.6) is 0 Å². The first-order valence-corrected chi connectivity index (χ1v) is 7.66. The van der Waals surface area contributed by atoms with Gasteiger partial charge in [0.25, 0.3) is 5.91 Å². The largest absolute Gasteiger partial charge is 0.336 e. The molecule has 1 fully saturated rings. The van der Waals surface area contributed by atoms with Crippen LogP contribution in [0.2, 0.25) is 0 Å². The number of carbonyl (C=O) groups is 1. The molecule has 1 aromatic carbocycles. The van der Waals surface area contributed by atoms with Crippen molar-refractivity contribution < 1.29 is 18.0 Å². The van der Waals surface area contributed by atoms with Gasteiger partial charge in [-0.25, -0.2) is 23.1 Å². The van der Waals surface area contributed by atoms with Gasteiger partial charge in [-0.2, -0.15) is 0 Å². The summed E-state index contributed by atoms with van der Waals surface area (Å²) < 4.78 is 39.8. The van der Waals surface area contributed by atoms with Gasteiger partial charge in [0.05, 0.1) is 18.1 Å². The molecule has 0 aliphatic carbocycles. The molecule has 1 saturated heterocycles. The smallest absolute Gasteiger partial charge is 0.274 e. The molecule has 25 heavy (non-hydrogen) atoms. The molecule has 1 amide bonds. The Bertz CT molecular complexity index is 776. The maximum Gasteiger partial charge on any atom is 0.274 e. The predicted molar refractivity (Wildman–Crippen MR) is 85.0 cm³/mol. The summed E-state index contributed by atoms with van der Waals surface area (Å²) in [5.41, 5.74) is -0.104. The number of nitrogens with zero attached hydrogens (tertiary/aromatic N) is 4. The standard InChI is InChI=1S/C16H16F3N5O/c1-23-4-6-24(7-5-23)16(25)12-8-21-13(9-20-12)22-11-3-2-10(17)14(18)15(11)19/h2-3,8-9H,4-7H2,1H3,(H,21,22). The monoisotopic (exact) mass is 351 g/mol. The average Bonchev–Trinajstić information content (AvgIpc) is 2.63. The molecule has 6 nitrogen and oxygen atoms in total. The fraction of sp³-hybridized carbons (Fsp3) is 0.312. The molecule has 3 rings (SSSR count). The highest BCUT2D eigenvalue weighted by Crippen LogP contribution is 2.22. The lowest BCUT2D eigenvalue weighted by atomic mass is 10.2. The minimum absolute atomic E-state index is 0.111. The molecule has 0 unspecified atom stereocenters. The fourth-order valence-corrected chi connectivity index (χ4v) is 2.43.